The SMILES string of the molecule is CC1Oc2ccc(C(F)(F)C#N)cc2NC1=O. The molecule has 1 unspecified atom stereocenters. The molecule has 0 saturated heterocycles. The molecule has 88 valence electrons. The van der Waals surface area contributed by atoms with Crippen LogP contribution >= 0.6 is 0 Å². The van der Waals surface area contributed by atoms with Crippen molar-refractivity contribution in [1.82, 2.24) is 0 Å². The Morgan fingerprint density at radius 1 is 1.53 bits per heavy atom. The third kappa shape index (κ3) is 1.91. The van der Waals surface area contributed by atoms with Gasteiger partial charge in [0.25, 0.3) is 5.91 Å². The number of alkyl halides is 2. The van der Waals surface area contributed by atoms with Crippen LogP contribution in [-0.2, 0) is 10.7 Å². The summed E-state index contributed by atoms with van der Waals surface area (Å²) < 4.78 is 31.4. The Morgan fingerprint density at radius 2 is 2.24 bits per heavy atom. The van der Waals surface area contributed by atoms with E-state index in [1.54, 1.807) is 6.92 Å². The Kier molecular flexibility index (Phi) is 2.46. The van der Waals surface area contributed by atoms with Gasteiger partial charge in [-0.3, -0.25) is 4.79 Å². The fourth-order valence-corrected chi connectivity index (χ4v) is 1.47. The molecule has 1 aromatic carbocycles. The third-order valence-electron chi connectivity index (χ3n) is 2.41. The molecule has 2 rings (SSSR count). The summed E-state index contributed by atoms with van der Waals surface area (Å²) in [4.78, 5) is 11.3. The second-order valence-corrected chi connectivity index (χ2v) is 3.65. The molecule has 1 heterocycles. The molecule has 0 saturated carbocycles. The topological polar surface area (TPSA) is 62.1 Å². The molecule has 0 aromatic heterocycles. The van der Waals surface area contributed by atoms with Gasteiger partial charge >= 0.3 is 5.92 Å². The second-order valence-electron chi connectivity index (χ2n) is 3.65. The highest BCUT2D eigenvalue weighted by Gasteiger charge is 2.33. The third-order valence-corrected chi connectivity index (χ3v) is 2.41. The van der Waals surface area contributed by atoms with E-state index in [1.165, 1.54) is 6.07 Å². The molecule has 0 bridgehead atoms. The van der Waals surface area contributed by atoms with E-state index in [-0.39, 0.29) is 5.69 Å². The molecule has 1 aromatic rings. The van der Waals surface area contributed by atoms with Gasteiger partial charge in [0.05, 0.1) is 5.69 Å². The standard InChI is InChI=1S/C11H8F2N2O2/c1-6-10(16)15-8-4-7(11(12,13)5-14)2-3-9(8)17-6/h2-4,6H,1H3,(H,15,16). The number of amides is 1. The van der Waals surface area contributed by atoms with Crippen LogP contribution in [0.2, 0.25) is 0 Å². The number of carbonyl (C=O) groups excluding carboxylic acids is 1. The summed E-state index contributed by atoms with van der Waals surface area (Å²) in [5.41, 5.74) is -0.322. The maximum absolute atomic E-state index is 13.1. The molecular formula is C11H8F2N2O2. The van der Waals surface area contributed by atoms with Crippen molar-refractivity contribution >= 4 is 11.6 Å². The van der Waals surface area contributed by atoms with Gasteiger partial charge in [0.1, 0.15) is 11.8 Å². The van der Waals surface area contributed by atoms with E-state index in [0.29, 0.717) is 5.75 Å². The monoisotopic (exact) mass is 238 g/mol. The van der Waals surface area contributed by atoms with Gasteiger partial charge in [-0.1, -0.05) is 0 Å². The number of nitrogens with zero attached hydrogens (tertiary/aromatic N) is 1. The molecule has 1 atom stereocenters. The highest BCUT2D eigenvalue weighted by molar-refractivity contribution is 5.97. The van der Waals surface area contributed by atoms with Crippen LogP contribution in [-0.4, -0.2) is 12.0 Å². The van der Waals surface area contributed by atoms with Crippen molar-refractivity contribution in [2.24, 2.45) is 0 Å². The molecule has 1 amide bonds. The van der Waals surface area contributed by atoms with Crippen molar-refractivity contribution < 1.29 is 18.3 Å². The van der Waals surface area contributed by atoms with Crippen LogP contribution in [0.4, 0.5) is 14.5 Å². The summed E-state index contributed by atoms with van der Waals surface area (Å²) in [5, 5.41) is 10.8. The summed E-state index contributed by atoms with van der Waals surface area (Å²) in [6, 6.07) is 4.36. The molecule has 4 nitrogen and oxygen atoms in total. The van der Waals surface area contributed by atoms with E-state index in [0.717, 1.165) is 18.2 Å². The number of rotatable bonds is 1. The minimum absolute atomic E-state index is 0.153. The average Bonchev–Trinajstić information content (AvgIpc) is 2.30. The number of nitrogens with one attached hydrogen (secondary N) is 1. The Bertz CT molecular complexity index is 523. The number of carbonyl (C=O) groups is 1. The smallest absolute Gasteiger partial charge is 0.357 e. The number of fused-ring (bicyclic) bond motifs is 1. The molecular weight excluding hydrogens is 230 g/mol. The molecule has 6 heteroatoms. The van der Waals surface area contributed by atoms with Gasteiger partial charge in [0, 0.05) is 5.56 Å². The molecule has 1 aliphatic heterocycles. The van der Waals surface area contributed by atoms with E-state index in [4.69, 9.17) is 10.00 Å². The van der Waals surface area contributed by atoms with Crippen LogP contribution < -0.4 is 10.1 Å². The first-order valence-electron chi connectivity index (χ1n) is 4.85. The minimum Gasteiger partial charge on any atom is -0.479 e. The molecule has 1 aliphatic rings. The summed E-state index contributed by atoms with van der Waals surface area (Å²) >= 11 is 0. The van der Waals surface area contributed by atoms with Crippen LogP contribution in [0.15, 0.2) is 18.2 Å². The van der Waals surface area contributed by atoms with Crippen LogP contribution in [0.5, 0.6) is 5.75 Å². The number of hydrogen-bond donors (Lipinski definition) is 1. The Balaban J connectivity index is 2.43. The lowest BCUT2D eigenvalue weighted by atomic mass is 10.1. The summed E-state index contributed by atoms with van der Waals surface area (Å²) in [7, 11) is 0. The number of halogens is 2. The molecule has 1 N–H and O–H groups in total. The maximum Gasteiger partial charge on any atom is 0.357 e. The van der Waals surface area contributed by atoms with E-state index in [1.807, 2.05) is 0 Å². The predicted molar refractivity (Wildman–Crippen MR) is 54.7 cm³/mol. The molecule has 17 heavy (non-hydrogen) atoms. The quantitative estimate of drug-likeness (QED) is 0.814. The molecule has 0 radical (unpaired) electrons. The highest BCUT2D eigenvalue weighted by Crippen LogP contribution is 2.35. The van der Waals surface area contributed by atoms with Gasteiger partial charge in [0.2, 0.25) is 0 Å². The van der Waals surface area contributed by atoms with E-state index >= 15 is 0 Å². The molecule has 0 aliphatic carbocycles. The fraction of sp³-hybridized carbons (Fsp3) is 0.273. The first-order valence-corrected chi connectivity index (χ1v) is 4.85. The predicted octanol–water partition coefficient (Wildman–Crippen LogP) is 2.02. The van der Waals surface area contributed by atoms with Crippen molar-refractivity contribution in [2.75, 3.05) is 5.32 Å². The van der Waals surface area contributed by atoms with Gasteiger partial charge in [-0.2, -0.15) is 14.0 Å². The van der Waals surface area contributed by atoms with Crippen LogP contribution in [0.25, 0.3) is 0 Å². The number of nitriles is 1. The summed E-state index contributed by atoms with van der Waals surface area (Å²) in [6.45, 7) is 1.55. The zero-order valence-electron chi connectivity index (χ0n) is 8.83. The van der Waals surface area contributed by atoms with Gasteiger partial charge < -0.3 is 10.1 Å². The van der Waals surface area contributed by atoms with Crippen LogP contribution in [0, 0.1) is 11.3 Å². The second kappa shape index (κ2) is 3.70. The lowest BCUT2D eigenvalue weighted by molar-refractivity contribution is -0.122. The van der Waals surface area contributed by atoms with E-state index in [2.05, 4.69) is 5.32 Å². The number of benzene rings is 1. The summed E-state index contributed by atoms with van der Waals surface area (Å²) in [6.07, 6.45) is -0.662. The van der Waals surface area contributed by atoms with Crippen LogP contribution in [0.1, 0.15) is 12.5 Å². The van der Waals surface area contributed by atoms with Crippen molar-refractivity contribution in [1.29, 1.82) is 5.26 Å². The average molecular weight is 238 g/mol. The molecule has 0 spiro atoms. The van der Waals surface area contributed by atoms with Gasteiger partial charge in [-0.05, 0) is 25.1 Å². The Morgan fingerprint density at radius 3 is 2.88 bits per heavy atom. The van der Waals surface area contributed by atoms with Crippen molar-refractivity contribution in [3.63, 3.8) is 0 Å². The first kappa shape index (κ1) is 11.3. The van der Waals surface area contributed by atoms with Gasteiger partial charge in [-0.25, -0.2) is 0 Å². The zero-order chi connectivity index (χ0) is 12.6. The number of hydrogen-bond acceptors (Lipinski definition) is 3. The molecule has 0 fully saturated rings. The summed E-state index contributed by atoms with van der Waals surface area (Å²) in [5.74, 6) is -3.67. The normalized spacial score (nSPS) is 18.7. The van der Waals surface area contributed by atoms with E-state index in [9.17, 15) is 13.6 Å². The van der Waals surface area contributed by atoms with E-state index < -0.39 is 23.5 Å². The van der Waals surface area contributed by atoms with Crippen LogP contribution in [0.3, 0.4) is 0 Å². The largest absolute Gasteiger partial charge is 0.479 e. The number of ether oxygens (including phenoxy) is 1. The maximum atomic E-state index is 13.1. The lowest BCUT2D eigenvalue weighted by Crippen LogP contribution is -2.34. The minimum atomic E-state index is -3.58. The first-order chi connectivity index (χ1) is 7.94. The van der Waals surface area contributed by atoms with Gasteiger partial charge in [0.15, 0.2) is 6.10 Å². The highest BCUT2D eigenvalue weighted by atomic mass is 19.3. The zero-order valence-corrected chi connectivity index (χ0v) is 8.83. The number of anilines is 1. The van der Waals surface area contributed by atoms with Crippen molar-refractivity contribution in [2.45, 2.75) is 19.0 Å². The van der Waals surface area contributed by atoms with Crippen molar-refractivity contribution in [3.8, 4) is 11.8 Å². The fourth-order valence-electron chi connectivity index (χ4n) is 1.47. The Labute approximate surface area is 95.8 Å². The lowest BCUT2D eigenvalue weighted by Gasteiger charge is -2.24. The van der Waals surface area contributed by atoms with Crippen molar-refractivity contribution in [3.05, 3.63) is 23.8 Å². The Hall–Kier alpha value is -2.16. The van der Waals surface area contributed by atoms with Gasteiger partial charge in [-0.15, -0.1) is 0 Å².